The maximum Gasteiger partial charge on any atom is 0.161 e. The Bertz CT molecular complexity index is 347. The van der Waals surface area contributed by atoms with Gasteiger partial charge in [0.1, 0.15) is 0 Å². The molecule has 1 aromatic heterocycles. The Hall–Kier alpha value is -0.280. The van der Waals surface area contributed by atoms with Gasteiger partial charge in [0, 0.05) is 4.90 Å². The van der Waals surface area contributed by atoms with Crippen LogP contribution in [0.1, 0.15) is 80.8 Å². The zero-order valence-corrected chi connectivity index (χ0v) is 14.4. The van der Waals surface area contributed by atoms with Crippen molar-refractivity contribution >= 4 is 29.4 Å². The van der Waals surface area contributed by atoms with Gasteiger partial charge in [0.2, 0.25) is 0 Å². The Morgan fingerprint density at radius 2 is 1.60 bits per heavy atom. The van der Waals surface area contributed by atoms with Crippen molar-refractivity contribution in [2.75, 3.05) is 5.75 Å². The van der Waals surface area contributed by atoms with Crippen molar-refractivity contribution in [1.82, 2.24) is 0 Å². The maximum atomic E-state index is 10.8. The molecule has 1 rings (SSSR count). The molecule has 0 amide bonds. The predicted octanol–water partition coefficient (Wildman–Crippen LogP) is 6.57. The molecule has 0 N–H and O–H groups in total. The van der Waals surface area contributed by atoms with Crippen LogP contribution in [0.4, 0.5) is 0 Å². The van der Waals surface area contributed by atoms with E-state index < -0.39 is 0 Å². The number of carbonyl (C=O) groups excluding carboxylic acids is 1. The van der Waals surface area contributed by atoms with Gasteiger partial charge in [0.25, 0.3) is 0 Å². The van der Waals surface area contributed by atoms with Crippen molar-refractivity contribution in [3.63, 3.8) is 0 Å². The molecular weight excluding hydrogens is 284 g/mol. The molecule has 114 valence electrons. The first-order valence-electron chi connectivity index (χ1n) is 8.04. The summed E-state index contributed by atoms with van der Waals surface area (Å²) in [5.74, 6) is 1.15. The van der Waals surface area contributed by atoms with E-state index in [0.717, 1.165) is 16.9 Å². The highest BCUT2D eigenvalue weighted by Gasteiger charge is 2.02. The lowest BCUT2D eigenvalue weighted by atomic mass is 10.1. The summed E-state index contributed by atoms with van der Waals surface area (Å²) in [6.45, 7) is 2.27. The largest absolute Gasteiger partial charge is 0.297 e. The van der Waals surface area contributed by atoms with Crippen molar-refractivity contribution in [2.24, 2.45) is 0 Å². The van der Waals surface area contributed by atoms with Crippen LogP contribution in [-0.2, 0) is 0 Å². The van der Waals surface area contributed by atoms with Crippen LogP contribution in [0, 0.1) is 0 Å². The third kappa shape index (κ3) is 8.11. The first kappa shape index (κ1) is 17.8. The van der Waals surface area contributed by atoms with Crippen LogP contribution in [-0.4, -0.2) is 12.0 Å². The standard InChI is InChI=1S/C17H28OS2/c1-2-3-4-5-6-7-8-9-10-11-13-19-16-12-14-20-17(16)15-18/h12,14-15H,2-11,13H2,1H3. The number of hydrogen-bond donors (Lipinski definition) is 0. The molecule has 0 saturated carbocycles. The highest BCUT2D eigenvalue weighted by molar-refractivity contribution is 7.99. The monoisotopic (exact) mass is 312 g/mol. The van der Waals surface area contributed by atoms with Crippen LogP contribution in [0.25, 0.3) is 0 Å². The SMILES string of the molecule is CCCCCCCCCCCCSc1ccsc1C=O. The van der Waals surface area contributed by atoms with Crippen LogP contribution in [0.5, 0.6) is 0 Å². The third-order valence-corrected chi connectivity index (χ3v) is 5.65. The minimum atomic E-state index is 0.891. The van der Waals surface area contributed by atoms with E-state index >= 15 is 0 Å². The molecule has 0 aromatic carbocycles. The van der Waals surface area contributed by atoms with Crippen LogP contribution in [0.2, 0.25) is 0 Å². The molecule has 0 saturated heterocycles. The molecule has 0 spiro atoms. The fourth-order valence-electron chi connectivity index (χ4n) is 2.29. The Labute approximate surface area is 132 Å². The summed E-state index contributed by atoms with van der Waals surface area (Å²) in [6, 6.07) is 2.06. The number of aldehydes is 1. The van der Waals surface area contributed by atoms with Crippen LogP contribution in [0.15, 0.2) is 16.3 Å². The lowest BCUT2D eigenvalue weighted by molar-refractivity contribution is 0.112. The average Bonchev–Trinajstić information content (AvgIpc) is 2.92. The van der Waals surface area contributed by atoms with Gasteiger partial charge < -0.3 is 0 Å². The van der Waals surface area contributed by atoms with Crippen molar-refractivity contribution in [3.05, 3.63) is 16.3 Å². The Morgan fingerprint density at radius 3 is 2.20 bits per heavy atom. The molecule has 0 unspecified atom stereocenters. The van der Waals surface area contributed by atoms with Gasteiger partial charge in [0.15, 0.2) is 6.29 Å². The van der Waals surface area contributed by atoms with Crippen LogP contribution >= 0.6 is 23.1 Å². The Kier molecular flexibility index (Phi) is 11.1. The first-order chi connectivity index (χ1) is 9.88. The van der Waals surface area contributed by atoms with Gasteiger partial charge >= 0.3 is 0 Å². The minimum Gasteiger partial charge on any atom is -0.297 e. The maximum absolute atomic E-state index is 10.8. The molecule has 3 heteroatoms. The summed E-state index contributed by atoms with van der Waals surface area (Å²) in [4.78, 5) is 12.8. The molecule has 0 aliphatic heterocycles. The van der Waals surface area contributed by atoms with Gasteiger partial charge in [-0.05, 0) is 23.6 Å². The molecule has 0 atom stereocenters. The number of carbonyl (C=O) groups is 1. The number of thioether (sulfide) groups is 1. The topological polar surface area (TPSA) is 17.1 Å². The molecule has 1 aromatic rings. The number of thiophene rings is 1. The fraction of sp³-hybridized carbons (Fsp3) is 0.706. The summed E-state index contributed by atoms with van der Waals surface area (Å²) in [6.07, 6.45) is 14.8. The van der Waals surface area contributed by atoms with E-state index in [0.29, 0.717) is 0 Å². The van der Waals surface area contributed by atoms with E-state index in [1.54, 1.807) is 11.3 Å². The molecule has 0 bridgehead atoms. The predicted molar refractivity (Wildman–Crippen MR) is 92.3 cm³/mol. The van der Waals surface area contributed by atoms with Gasteiger partial charge in [-0.15, -0.1) is 23.1 Å². The summed E-state index contributed by atoms with van der Waals surface area (Å²) < 4.78 is 0. The summed E-state index contributed by atoms with van der Waals surface area (Å²) in [5, 5.41) is 2.00. The quantitative estimate of drug-likeness (QED) is 0.233. The molecule has 0 radical (unpaired) electrons. The molecule has 0 aliphatic rings. The fourth-order valence-corrected chi connectivity index (χ4v) is 4.21. The van der Waals surface area contributed by atoms with Crippen molar-refractivity contribution in [1.29, 1.82) is 0 Å². The molecule has 0 aliphatic carbocycles. The highest BCUT2D eigenvalue weighted by atomic mass is 32.2. The Balaban J connectivity index is 1.86. The summed E-state index contributed by atoms with van der Waals surface area (Å²) in [7, 11) is 0. The smallest absolute Gasteiger partial charge is 0.161 e. The van der Waals surface area contributed by atoms with E-state index in [4.69, 9.17) is 0 Å². The Morgan fingerprint density at radius 1 is 1.00 bits per heavy atom. The van der Waals surface area contributed by atoms with E-state index in [2.05, 4.69) is 13.0 Å². The van der Waals surface area contributed by atoms with Crippen molar-refractivity contribution < 1.29 is 4.79 Å². The van der Waals surface area contributed by atoms with Gasteiger partial charge in [-0.2, -0.15) is 0 Å². The average molecular weight is 313 g/mol. The molecule has 0 fully saturated rings. The van der Waals surface area contributed by atoms with Crippen LogP contribution in [0.3, 0.4) is 0 Å². The molecule has 20 heavy (non-hydrogen) atoms. The van der Waals surface area contributed by atoms with Gasteiger partial charge in [-0.25, -0.2) is 0 Å². The van der Waals surface area contributed by atoms with Gasteiger partial charge in [0.05, 0.1) is 4.88 Å². The minimum absolute atomic E-state index is 0.891. The first-order valence-corrected chi connectivity index (χ1v) is 9.90. The second-order valence-corrected chi connectivity index (χ2v) is 7.38. The van der Waals surface area contributed by atoms with E-state index in [1.165, 1.54) is 69.1 Å². The highest BCUT2D eigenvalue weighted by Crippen LogP contribution is 2.27. The zero-order valence-electron chi connectivity index (χ0n) is 12.7. The second-order valence-electron chi connectivity index (χ2n) is 5.30. The summed E-state index contributed by atoms with van der Waals surface area (Å²) in [5.41, 5.74) is 0. The van der Waals surface area contributed by atoms with Gasteiger partial charge in [-0.3, -0.25) is 4.79 Å². The number of rotatable bonds is 13. The second kappa shape index (κ2) is 12.5. The normalized spacial score (nSPS) is 10.8. The lowest BCUT2D eigenvalue weighted by Gasteiger charge is -2.02. The summed E-state index contributed by atoms with van der Waals surface area (Å²) >= 11 is 3.38. The van der Waals surface area contributed by atoms with Gasteiger partial charge in [-0.1, -0.05) is 64.7 Å². The third-order valence-electron chi connectivity index (χ3n) is 3.52. The number of hydrogen-bond acceptors (Lipinski definition) is 3. The molecular formula is C17H28OS2. The van der Waals surface area contributed by atoms with Crippen molar-refractivity contribution in [3.8, 4) is 0 Å². The molecule has 1 nitrogen and oxygen atoms in total. The lowest BCUT2D eigenvalue weighted by Crippen LogP contribution is -1.84. The van der Waals surface area contributed by atoms with E-state index in [-0.39, 0.29) is 0 Å². The van der Waals surface area contributed by atoms with E-state index in [1.807, 2.05) is 17.1 Å². The van der Waals surface area contributed by atoms with Crippen LogP contribution < -0.4 is 0 Å². The number of unbranched alkanes of at least 4 members (excludes halogenated alkanes) is 9. The van der Waals surface area contributed by atoms with Crippen molar-refractivity contribution in [2.45, 2.75) is 76.0 Å². The zero-order chi connectivity index (χ0) is 14.5. The molecule has 1 heterocycles. The van der Waals surface area contributed by atoms with E-state index in [9.17, 15) is 4.79 Å².